The van der Waals surface area contributed by atoms with Gasteiger partial charge in [0.1, 0.15) is 5.75 Å². The maximum absolute atomic E-state index is 10.7. The summed E-state index contributed by atoms with van der Waals surface area (Å²) in [5.74, 6) is -1.48. The number of nitrogens with zero attached hydrogens (tertiary/aromatic N) is 1. The maximum Gasteiger partial charge on any atom is 0.308 e. The number of carbonyl (C=O) groups is 1. The molecule has 0 amide bonds. The van der Waals surface area contributed by atoms with Crippen LogP contribution in [-0.4, -0.2) is 21.1 Å². The Bertz CT molecular complexity index is 474. The zero-order valence-corrected chi connectivity index (χ0v) is 10.8. The Morgan fingerprint density at radius 3 is 2.50 bits per heavy atom. The predicted octanol–water partition coefficient (Wildman–Crippen LogP) is 2.45. The van der Waals surface area contributed by atoms with Crippen LogP contribution in [0.5, 0.6) is 5.75 Å². The summed E-state index contributed by atoms with van der Waals surface area (Å²) in [6.07, 6.45) is -0.544. The van der Waals surface area contributed by atoms with E-state index in [0.717, 1.165) is 6.07 Å². The maximum atomic E-state index is 10.7. The lowest BCUT2D eigenvalue weighted by molar-refractivity contribution is -0.385. The van der Waals surface area contributed by atoms with E-state index in [9.17, 15) is 20.0 Å². The molecule has 2 N–H and O–H groups in total. The van der Waals surface area contributed by atoms with Crippen molar-refractivity contribution in [1.29, 1.82) is 0 Å². The molecule has 0 spiro atoms. The van der Waals surface area contributed by atoms with Gasteiger partial charge in [0.25, 0.3) is 5.69 Å². The minimum absolute atomic E-state index is 0.0102. The molecule has 0 aliphatic carbocycles. The van der Waals surface area contributed by atoms with Crippen molar-refractivity contribution in [2.45, 2.75) is 6.42 Å². The lowest BCUT2D eigenvalue weighted by Gasteiger charge is -2.06. The monoisotopic (exact) mass is 353 g/mol. The molecule has 16 heavy (non-hydrogen) atoms. The molecule has 0 atom stereocenters. The van der Waals surface area contributed by atoms with Crippen molar-refractivity contribution >= 4 is 43.5 Å². The second-order valence-corrected chi connectivity index (χ2v) is 4.49. The molecule has 1 aromatic rings. The number of phenolic OH excluding ortho intramolecular Hbond substituents is 1. The summed E-state index contributed by atoms with van der Waals surface area (Å²) in [4.78, 5) is 20.6. The Balaban J connectivity index is 3.47. The van der Waals surface area contributed by atoms with Gasteiger partial charge >= 0.3 is 5.97 Å². The summed E-state index contributed by atoms with van der Waals surface area (Å²) in [5, 5.41) is 28.8. The van der Waals surface area contributed by atoms with Crippen molar-refractivity contribution in [1.82, 2.24) is 0 Å². The van der Waals surface area contributed by atoms with E-state index < -0.39 is 17.3 Å². The fourth-order valence-corrected chi connectivity index (χ4v) is 2.36. The molecule has 6 nitrogen and oxygen atoms in total. The molecule has 0 aliphatic heterocycles. The number of carboxylic acid groups (broad SMARTS) is 1. The van der Waals surface area contributed by atoms with Gasteiger partial charge in [-0.2, -0.15) is 0 Å². The van der Waals surface area contributed by atoms with Crippen molar-refractivity contribution in [2.75, 3.05) is 0 Å². The molecule has 0 unspecified atom stereocenters. The number of nitro benzene ring substituents is 1. The third kappa shape index (κ3) is 2.50. The van der Waals surface area contributed by atoms with Gasteiger partial charge in [0.2, 0.25) is 0 Å². The highest BCUT2D eigenvalue weighted by atomic mass is 79.9. The number of aromatic hydroxyl groups is 1. The molecule has 86 valence electrons. The quantitative estimate of drug-likeness (QED) is 0.641. The number of hydrogen-bond acceptors (Lipinski definition) is 4. The SMILES string of the molecule is O=C(O)Cc1c([N+](=O)[O-])cc(Br)c(O)c1Br. The number of phenols is 1. The van der Waals surface area contributed by atoms with Crippen LogP contribution in [0.3, 0.4) is 0 Å². The van der Waals surface area contributed by atoms with Crippen LogP contribution in [0.15, 0.2) is 15.0 Å². The third-order valence-electron chi connectivity index (χ3n) is 1.80. The highest BCUT2D eigenvalue weighted by Gasteiger charge is 2.23. The molecule has 0 fully saturated rings. The summed E-state index contributed by atoms with van der Waals surface area (Å²) >= 11 is 5.86. The Morgan fingerprint density at radius 1 is 1.50 bits per heavy atom. The van der Waals surface area contributed by atoms with Gasteiger partial charge in [-0.25, -0.2) is 0 Å². The van der Waals surface area contributed by atoms with E-state index in [0.29, 0.717) is 0 Å². The normalized spacial score (nSPS) is 10.1. The first-order valence-corrected chi connectivity index (χ1v) is 5.49. The van der Waals surface area contributed by atoms with E-state index in [1.165, 1.54) is 0 Å². The molecule has 0 aromatic heterocycles. The number of nitro groups is 1. The standard InChI is InChI=1S/C8H5Br2NO5/c9-4-2-5(11(15)16)3(1-6(12)13)7(10)8(4)14/h2,14H,1H2,(H,12,13). The first kappa shape index (κ1) is 12.9. The second-order valence-electron chi connectivity index (χ2n) is 2.85. The Labute approximate surface area is 106 Å². The summed E-state index contributed by atoms with van der Waals surface area (Å²) < 4.78 is 0.135. The van der Waals surface area contributed by atoms with Gasteiger partial charge in [0, 0.05) is 6.07 Å². The zero-order valence-electron chi connectivity index (χ0n) is 7.61. The summed E-state index contributed by atoms with van der Waals surface area (Å²) in [7, 11) is 0. The van der Waals surface area contributed by atoms with Gasteiger partial charge in [0.05, 0.1) is 25.9 Å². The van der Waals surface area contributed by atoms with Gasteiger partial charge in [-0.1, -0.05) is 0 Å². The molecule has 0 bridgehead atoms. The Hall–Kier alpha value is -1.15. The minimum Gasteiger partial charge on any atom is -0.506 e. The van der Waals surface area contributed by atoms with Gasteiger partial charge in [0.15, 0.2) is 0 Å². The van der Waals surface area contributed by atoms with Crippen molar-refractivity contribution in [3.63, 3.8) is 0 Å². The second kappa shape index (κ2) is 4.79. The number of aliphatic carboxylic acids is 1. The first-order valence-electron chi connectivity index (χ1n) is 3.90. The van der Waals surface area contributed by atoms with Crippen LogP contribution in [0.4, 0.5) is 5.69 Å². The van der Waals surface area contributed by atoms with Gasteiger partial charge in [-0.15, -0.1) is 0 Å². The van der Waals surface area contributed by atoms with E-state index in [4.69, 9.17) is 5.11 Å². The molecule has 0 heterocycles. The average Bonchev–Trinajstić information content (AvgIpc) is 2.17. The highest BCUT2D eigenvalue weighted by molar-refractivity contribution is 9.11. The summed E-state index contributed by atoms with van der Waals surface area (Å²) in [5.41, 5.74) is -0.433. The predicted molar refractivity (Wildman–Crippen MR) is 61.5 cm³/mol. The van der Waals surface area contributed by atoms with E-state index in [2.05, 4.69) is 31.9 Å². The Morgan fingerprint density at radius 2 is 2.06 bits per heavy atom. The van der Waals surface area contributed by atoms with E-state index >= 15 is 0 Å². The number of carboxylic acids is 1. The van der Waals surface area contributed by atoms with Gasteiger partial charge in [-0.3, -0.25) is 14.9 Å². The van der Waals surface area contributed by atoms with Crippen LogP contribution in [0.2, 0.25) is 0 Å². The molecule has 0 saturated heterocycles. The number of benzene rings is 1. The minimum atomic E-state index is -1.22. The van der Waals surface area contributed by atoms with Crippen LogP contribution in [-0.2, 0) is 11.2 Å². The molecule has 0 radical (unpaired) electrons. The number of halogens is 2. The van der Waals surface area contributed by atoms with E-state index in [1.807, 2.05) is 0 Å². The summed E-state index contributed by atoms with van der Waals surface area (Å²) in [6, 6.07) is 1.07. The lowest BCUT2D eigenvalue weighted by Crippen LogP contribution is -2.05. The lowest BCUT2D eigenvalue weighted by atomic mass is 10.1. The van der Waals surface area contributed by atoms with Crippen LogP contribution in [0, 0.1) is 10.1 Å². The largest absolute Gasteiger partial charge is 0.506 e. The third-order valence-corrected chi connectivity index (χ3v) is 3.26. The van der Waals surface area contributed by atoms with E-state index in [1.54, 1.807) is 0 Å². The van der Waals surface area contributed by atoms with Crippen molar-refractivity contribution in [2.24, 2.45) is 0 Å². The first-order chi connectivity index (χ1) is 7.34. The van der Waals surface area contributed by atoms with E-state index in [-0.39, 0.29) is 25.9 Å². The van der Waals surface area contributed by atoms with Crippen LogP contribution in [0.1, 0.15) is 5.56 Å². The van der Waals surface area contributed by atoms with Gasteiger partial charge < -0.3 is 10.2 Å². The van der Waals surface area contributed by atoms with Crippen molar-refractivity contribution < 1.29 is 19.9 Å². The smallest absolute Gasteiger partial charge is 0.308 e. The molecule has 8 heteroatoms. The molecule has 1 rings (SSSR count). The topological polar surface area (TPSA) is 101 Å². The highest BCUT2D eigenvalue weighted by Crippen LogP contribution is 2.40. The van der Waals surface area contributed by atoms with Crippen LogP contribution >= 0.6 is 31.9 Å². The average molecular weight is 355 g/mol. The number of hydrogen-bond donors (Lipinski definition) is 2. The Kier molecular flexibility index (Phi) is 3.87. The van der Waals surface area contributed by atoms with Crippen molar-refractivity contribution in [3.05, 3.63) is 30.7 Å². The molecular weight excluding hydrogens is 350 g/mol. The molecule has 0 saturated carbocycles. The van der Waals surface area contributed by atoms with Crippen LogP contribution < -0.4 is 0 Å². The fraction of sp³-hybridized carbons (Fsp3) is 0.125. The summed E-state index contributed by atoms with van der Waals surface area (Å²) in [6.45, 7) is 0. The zero-order chi connectivity index (χ0) is 12.5. The van der Waals surface area contributed by atoms with Gasteiger partial charge in [-0.05, 0) is 31.9 Å². The van der Waals surface area contributed by atoms with Crippen LogP contribution in [0.25, 0.3) is 0 Å². The fourth-order valence-electron chi connectivity index (χ4n) is 1.12. The molecule has 1 aromatic carbocycles. The van der Waals surface area contributed by atoms with Crippen molar-refractivity contribution in [3.8, 4) is 5.75 Å². The number of rotatable bonds is 3. The molecule has 0 aliphatic rings. The molecular formula is C8H5Br2NO5.